The molecule has 1 unspecified atom stereocenters. The minimum absolute atomic E-state index is 0.0900. The lowest BCUT2D eigenvalue weighted by atomic mass is 9.96. The van der Waals surface area contributed by atoms with Gasteiger partial charge in [-0.05, 0) is 29.7 Å². The van der Waals surface area contributed by atoms with E-state index in [1.807, 2.05) is 13.8 Å². The van der Waals surface area contributed by atoms with Gasteiger partial charge in [0.05, 0.1) is 17.0 Å². The van der Waals surface area contributed by atoms with Crippen molar-refractivity contribution >= 4 is 11.6 Å². The van der Waals surface area contributed by atoms with Gasteiger partial charge >= 0.3 is 0 Å². The number of ether oxygens (including phenoxy) is 1. The Morgan fingerprint density at radius 1 is 1.24 bits per heavy atom. The second-order valence-corrected chi connectivity index (χ2v) is 5.88. The van der Waals surface area contributed by atoms with Crippen molar-refractivity contribution in [1.82, 2.24) is 5.32 Å². The Morgan fingerprint density at radius 3 is 2.52 bits per heavy atom. The molecule has 0 heterocycles. The normalized spacial score (nSPS) is 11.8. The largest absolute Gasteiger partial charge is 0.484 e. The van der Waals surface area contributed by atoms with Crippen molar-refractivity contribution in [3.63, 3.8) is 0 Å². The van der Waals surface area contributed by atoms with Crippen LogP contribution >= 0.6 is 0 Å². The quantitative estimate of drug-likeness (QED) is 0.613. The maximum atomic E-state index is 13.1. The number of non-ortho nitro benzene ring substituents is 1. The Labute approximate surface area is 144 Å². The molecule has 0 aliphatic rings. The van der Waals surface area contributed by atoms with E-state index < -0.39 is 4.92 Å². The SMILES string of the molecule is CC(C)C(NC(=O)COc1cccc([N+](=O)[O-])c1)c1ccc(F)cc1. The van der Waals surface area contributed by atoms with E-state index in [9.17, 15) is 19.3 Å². The second-order valence-electron chi connectivity index (χ2n) is 5.88. The van der Waals surface area contributed by atoms with Crippen LogP contribution < -0.4 is 10.1 Å². The molecule has 0 fully saturated rings. The number of carbonyl (C=O) groups excluding carboxylic acids is 1. The van der Waals surface area contributed by atoms with Crippen molar-refractivity contribution < 1.29 is 18.8 Å². The molecule has 0 aliphatic carbocycles. The number of nitro groups is 1. The fourth-order valence-electron chi connectivity index (χ4n) is 2.36. The lowest BCUT2D eigenvalue weighted by Crippen LogP contribution is -2.35. The molecular formula is C18H19FN2O4. The number of nitro benzene ring substituents is 1. The molecule has 0 saturated heterocycles. The van der Waals surface area contributed by atoms with Gasteiger partial charge in [-0.1, -0.05) is 32.0 Å². The fourth-order valence-corrected chi connectivity index (χ4v) is 2.36. The summed E-state index contributed by atoms with van der Waals surface area (Å²) in [4.78, 5) is 22.4. The van der Waals surface area contributed by atoms with Crippen molar-refractivity contribution in [3.05, 3.63) is 70.0 Å². The summed E-state index contributed by atoms with van der Waals surface area (Å²) < 4.78 is 18.4. The highest BCUT2D eigenvalue weighted by Crippen LogP contribution is 2.22. The van der Waals surface area contributed by atoms with E-state index in [4.69, 9.17) is 4.74 Å². The third-order valence-electron chi connectivity index (χ3n) is 3.61. The molecule has 1 amide bonds. The summed E-state index contributed by atoms with van der Waals surface area (Å²) >= 11 is 0. The molecule has 2 aromatic carbocycles. The number of carbonyl (C=O) groups is 1. The van der Waals surface area contributed by atoms with Crippen molar-refractivity contribution in [3.8, 4) is 5.75 Å². The number of hydrogen-bond acceptors (Lipinski definition) is 4. The van der Waals surface area contributed by atoms with E-state index in [-0.39, 0.29) is 41.7 Å². The predicted molar refractivity (Wildman–Crippen MR) is 90.7 cm³/mol. The molecular weight excluding hydrogens is 327 g/mol. The van der Waals surface area contributed by atoms with E-state index in [1.54, 1.807) is 18.2 Å². The van der Waals surface area contributed by atoms with E-state index >= 15 is 0 Å². The minimum atomic E-state index is -0.531. The van der Waals surface area contributed by atoms with Crippen LogP contribution in [0.3, 0.4) is 0 Å². The number of rotatable bonds is 7. The lowest BCUT2D eigenvalue weighted by Gasteiger charge is -2.23. The van der Waals surface area contributed by atoms with Crippen LogP contribution in [0.4, 0.5) is 10.1 Å². The molecule has 1 atom stereocenters. The summed E-state index contributed by atoms with van der Waals surface area (Å²) in [5.41, 5.74) is 0.685. The zero-order valence-corrected chi connectivity index (χ0v) is 13.9. The molecule has 0 aliphatic heterocycles. The number of nitrogens with one attached hydrogen (secondary N) is 1. The van der Waals surface area contributed by atoms with Gasteiger partial charge in [0.2, 0.25) is 0 Å². The third kappa shape index (κ3) is 5.27. The Kier molecular flexibility index (Phi) is 6.05. The van der Waals surface area contributed by atoms with Crippen LogP contribution in [-0.2, 0) is 4.79 Å². The first-order valence-corrected chi connectivity index (χ1v) is 7.79. The average molecular weight is 346 g/mol. The van der Waals surface area contributed by atoms with Gasteiger partial charge in [0.15, 0.2) is 6.61 Å². The predicted octanol–water partition coefficient (Wildman–Crippen LogP) is 3.63. The van der Waals surface area contributed by atoms with E-state index in [0.29, 0.717) is 0 Å². The fraction of sp³-hybridized carbons (Fsp3) is 0.278. The summed E-state index contributed by atoms with van der Waals surface area (Å²) in [6, 6.07) is 11.3. The summed E-state index contributed by atoms with van der Waals surface area (Å²) in [6.07, 6.45) is 0. The third-order valence-corrected chi connectivity index (χ3v) is 3.61. The number of benzene rings is 2. The van der Waals surface area contributed by atoms with E-state index in [2.05, 4.69) is 5.32 Å². The zero-order chi connectivity index (χ0) is 18.4. The van der Waals surface area contributed by atoms with Gasteiger partial charge in [0.1, 0.15) is 11.6 Å². The number of nitrogens with zero attached hydrogens (tertiary/aromatic N) is 1. The van der Waals surface area contributed by atoms with Crippen molar-refractivity contribution in [2.75, 3.05) is 6.61 Å². The van der Waals surface area contributed by atoms with Gasteiger partial charge < -0.3 is 10.1 Å². The maximum absolute atomic E-state index is 13.1. The van der Waals surface area contributed by atoms with Gasteiger partial charge in [-0.3, -0.25) is 14.9 Å². The summed E-state index contributed by atoms with van der Waals surface area (Å²) in [5, 5.41) is 13.6. The van der Waals surface area contributed by atoms with Gasteiger partial charge in [-0.2, -0.15) is 0 Å². The Balaban J connectivity index is 1.98. The molecule has 2 aromatic rings. The topological polar surface area (TPSA) is 81.5 Å². The maximum Gasteiger partial charge on any atom is 0.273 e. The highest BCUT2D eigenvalue weighted by atomic mass is 19.1. The van der Waals surface area contributed by atoms with Gasteiger partial charge in [0, 0.05) is 6.07 Å². The average Bonchev–Trinajstić information content (AvgIpc) is 2.59. The monoisotopic (exact) mass is 346 g/mol. The van der Waals surface area contributed by atoms with Gasteiger partial charge in [-0.15, -0.1) is 0 Å². The molecule has 1 N–H and O–H groups in total. The molecule has 0 aromatic heterocycles. The first-order valence-electron chi connectivity index (χ1n) is 7.79. The molecule has 7 heteroatoms. The highest BCUT2D eigenvalue weighted by molar-refractivity contribution is 5.78. The van der Waals surface area contributed by atoms with E-state index in [1.165, 1.54) is 30.3 Å². The standard InChI is InChI=1S/C18H19FN2O4/c1-12(2)18(13-6-8-14(19)9-7-13)20-17(22)11-25-16-5-3-4-15(10-16)21(23)24/h3-10,12,18H,11H2,1-2H3,(H,20,22). The molecule has 0 radical (unpaired) electrons. The van der Waals surface area contributed by atoms with Gasteiger partial charge in [0.25, 0.3) is 11.6 Å². The van der Waals surface area contributed by atoms with Crippen molar-refractivity contribution in [1.29, 1.82) is 0 Å². The first kappa shape index (κ1) is 18.4. The highest BCUT2D eigenvalue weighted by Gasteiger charge is 2.19. The molecule has 0 spiro atoms. The molecule has 2 rings (SSSR count). The summed E-state index contributed by atoms with van der Waals surface area (Å²) in [5.74, 6) is -0.374. The lowest BCUT2D eigenvalue weighted by molar-refractivity contribution is -0.384. The van der Waals surface area contributed by atoms with E-state index in [0.717, 1.165) is 5.56 Å². The molecule has 132 valence electrons. The number of hydrogen-bond donors (Lipinski definition) is 1. The number of halogens is 1. The van der Waals surface area contributed by atoms with Crippen molar-refractivity contribution in [2.45, 2.75) is 19.9 Å². The summed E-state index contributed by atoms with van der Waals surface area (Å²) in [6.45, 7) is 3.61. The van der Waals surface area contributed by atoms with Crippen LogP contribution in [0.5, 0.6) is 5.75 Å². The minimum Gasteiger partial charge on any atom is -0.484 e. The number of amides is 1. The van der Waals surface area contributed by atoms with Gasteiger partial charge in [-0.25, -0.2) is 4.39 Å². The van der Waals surface area contributed by atoms with Crippen LogP contribution in [0.1, 0.15) is 25.5 Å². The summed E-state index contributed by atoms with van der Waals surface area (Å²) in [7, 11) is 0. The van der Waals surface area contributed by atoms with Crippen LogP contribution in [0.25, 0.3) is 0 Å². The second kappa shape index (κ2) is 8.23. The molecule has 25 heavy (non-hydrogen) atoms. The van der Waals surface area contributed by atoms with Crippen LogP contribution in [-0.4, -0.2) is 17.4 Å². The molecule has 6 nitrogen and oxygen atoms in total. The smallest absolute Gasteiger partial charge is 0.273 e. The van der Waals surface area contributed by atoms with Crippen LogP contribution in [0.2, 0.25) is 0 Å². The Bertz CT molecular complexity index is 747. The van der Waals surface area contributed by atoms with Crippen LogP contribution in [0.15, 0.2) is 48.5 Å². The molecule has 0 bridgehead atoms. The molecule has 0 saturated carbocycles. The van der Waals surface area contributed by atoms with Crippen LogP contribution in [0, 0.1) is 21.8 Å². The Hall–Kier alpha value is -2.96. The van der Waals surface area contributed by atoms with Crippen molar-refractivity contribution in [2.24, 2.45) is 5.92 Å². The first-order chi connectivity index (χ1) is 11.9. The Morgan fingerprint density at radius 2 is 1.92 bits per heavy atom. The zero-order valence-electron chi connectivity index (χ0n) is 13.9.